The van der Waals surface area contributed by atoms with Gasteiger partial charge in [0.25, 0.3) is 0 Å². The number of ether oxygens (including phenoxy) is 1. The molecule has 158 valence electrons. The van der Waals surface area contributed by atoms with E-state index in [1.54, 1.807) is 13.2 Å². The molecule has 0 radical (unpaired) electrons. The molecule has 1 aliphatic rings. The van der Waals surface area contributed by atoms with Gasteiger partial charge in [0.1, 0.15) is 5.92 Å². The van der Waals surface area contributed by atoms with Crippen LogP contribution in [0.1, 0.15) is 22.6 Å². The minimum absolute atomic E-state index is 0.0983. The van der Waals surface area contributed by atoms with Crippen LogP contribution >= 0.6 is 11.6 Å². The van der Waals surface area contributed by atoms with Crippen molar-refractivity contribution in [1.82, 2.24) is 5.32 Å². The molecule has 5 nitrogen and oxygen atoms in total. The predicted molar refractivity (Wildman–Crippen MR) is 125 cm³/mol. The van der Waals surface area contributed by atoms with Gasteiger partial charge in [-0.05, 0) is 41.0 Å². The quantitative estimate of drug-likeness (QED) is 0.391. The zero-order valence-electron chi connectivity index (χ0n) is 17.3. The van der Waals surface area contributed by atoms with E-state index in [9.17, 15) is 4.79 Å². The SMILES string of the molecule is COCCNCc1ccc(N=C(c2ccccc2)C2C(=O)Nc3cc(Cl)ccc32)cc1. The lowest BCUT2D eigenvalue weighted by Crippen LogP contribution is -2.22. The van der Waals surface area contributed by atoms with E-state index in [1.807, 2.05) is 66.7 Å². The molecule has 1 atom stereocenters. The lowest BCUT2D eigenvalue weighted by Gasteiger charge is -2.14. The molecule has 0 aromatic heterocycles. The summed E-state index contributed by atoms with van der Waals surface area (Å²) in [5, 5.41) is 6.86. The number of anilines is 1. The van der Waals surface area contributed by atoms with E-state index in [2.05, 4.69) is 10.6 Å². The van der Waals surface area contributed by atoms with Crippen LogP contribution < -0.4 is 10.6 Å². The van der Waals surface area contributed by atoms with Gasteiger partial charge in [0, 0.05) is 30.9 Å². The first kappa shape index (κ1) is 21.2. The third-order valence-corrected chi connectivity index (χ3v) is 5.42. The molecule has 1 amide bonds. The first-order valence-corrected chi connectivity index (χ1v) is 10.6. The smallest absolute Gasteiger partial charge is 0.238 e. The summed E-state index contributed by atoms with van der Waals surface area (Å²) >= 11 is 6.12. The van der Waals surface area contributed by atoms with Gasteiger partial charge in [-0.25, -0.2) is 0 Å². The molecule has 0 saturated heterocycles. The predicted octanol–water partition coefficient (Wildman–Crippen LogP) is 4.93. The molecular weight excluding hydrogens is 410 g/mol. The Hall–Kier alpha value is -2.99. The van der Waals surface area contributed by atoms with Gasteiger partial charge in [-0.1, -0.05) is 60.1 Å². The molecule has 1 unspecified atom stereocenters. The molecule has 3 aromatic rings. The second-order valence-electron chi connectivity index (χ2n) is 7.35. The van der Waals surface area contributed by atoms with Crippen molar-refractivity contribution in [3.05, 3.63) is 94.5 Å². The van der Waals surface area contributed by atoms with E-state index in [1.165, 1.54) is 0 Å². The number of aliphatic imine (C=N–C) groups is 1. The summed E-state index contributed by atoms with van der Waals surface area (Å²) in [5.74, 6) is -0.594. The number of fused-ring (bicyclic) bond motifs is 1. The number of hydrogen-bond acceptors (Lipinski definition) is 4. The van der Waals surface area contributed by atoms with Crippen molar-refractivity contribution in [2.45, 2.75) is 12.5 Å². The lowest BCUT2D eigenvalue weighted by molar-refractivity contribution is -0.115. The number of carbonyl (C=O) groups is 1. The van der Waals surface area contributed by atoms with Crippen LogP contribution in [0.3, 0.4) is 0 Å². The zero-order chi connectivity index (χ0) is 21.6. The monoisotopic (exact) mass is 433 g/mol. The number of hydrogen-bond donors (Lipinski definition) is 2. The largest absolute Gasteiger partial charge is 0.383 e. The summed E-state index contributed by atoms with van der Waals surface area (Å²) in [6.45, 7) is 2.24. The Morgan fingerprint density at radius 2 is 1.87 bits per heavy atom. The molecule has 0 fully saturated rings. The van der Waals surface area contributed by atoms with Crippen LogP contribution in [-0.4, -0.2) is 31.9 Å². The van der Waals surface area contributed by atoms with E-state index in [4.69, 9.17) is 21.3 Å². The molecule has 1 heterocycles. The number of carbonyl (C=O) groups excluding carboxylic acids is 1. The van der Waals surface area contributed by atoms with Crippen molar-refractivity contribution in [3.8, 4) is 0 Å². The van der Waals surface area contributed by atoms with Crippen molar-refractivity contribution in [3.63, 3.8) is 0 Å². The molecule has 3 aromatic carbocycles. The summed E-state index contributed by atoms with van der Waals surface area (Å²) in [4.78, 5) is 17.8. The second-order valence-corrected chi connectivity index (χ2v) is 7.79. The number of amides is 1. The maximum Gasteiger partial charge on any atom is 0.238 e. The average molecular weight is 434 g/mol. The van der Waals surface area contributed by atoms with Crippen molar-refractivity contribution in [2.75, 3.05) is 25.6 Å². The zero-order valence-corrected chi connectivity index (χ0v) is 18.0. The standard InChI is InChI=1S/C25H24ClN3O2/c1-31-14-13-27-16-17-7-10-20(11-8-17)28-24(18-5-3-2-4-6-18)23-21-12-9-19(26)15-22(21)29-25(23)30/h2-12,15,23,27H,13-14,16H2,1H3,(H,29,30). The van der Waals surface area contributed by atoms with E-state index in [0.717, 1.165) is 41.2 Å². The highest BCUT2D eigenvalue weighted by atomic mass is 35.5. The topological polar surface area (TPSA) is 62.7 Å². The highest BCUT2D eigenvalue weighted by Gasteiger charge is 2.35. The van der Waals surface area contributed by atoms with Gasteiger partial charge in [-0.15, -0.1) is 0 Å². The summed E-state index contributed by atoms with van der Waals surface area (Å²) in [5.41, 5.74) is 5.21. The lowest BCUT2D eigenvalue weighted by atomic mass is 9.90. The Morgan fingerprint density at radius 3 is 2.61 bits per heavy atom. The molecule has 6 heteroatoms. The van der Waals surface area contributed by atoms with E-state index < -0.39 is 5.92 Å². The van der Waals surface area contributed by atoms with Gasteiger partial charge < -0.3 is 15.4 Å². The molecule has 2 N–H and O–H groups in total. The molecular formula is C25H24ClN3O2. The van der Waals surface area contributed by atoms with Crippen LogP contribution in [0, 0.1) is 0 Å². The average Bonchev–Trinajstić information content (AvgIpc) is 3.11. The van der Waals surface area contributed by atoms with Crippen LogP contribution in [0.25, 0.3) is 0 Å². The molecule has 0 aliphatic carbocycles. The van der Waals surface area contributed by atoms with Gasteiger partial charge >= 0.3 is 0 Å². The fraction of sp³-hybridized carbons (Fsp3) is 0.200. The summed E-state index contributed by atoms with van der Waals surface area (Å²) in [6.07, 6.45) is 0. The van der Waals surface area contributed by atoms with Crippen LogP contribution in [-0.2, 0) is 16.1 Å². The van der Waals surface area contributed by atoms with Crippen molar-refractivity contribution in [1.29, 1.82) is 0 Å². The highest BCUT2D eigenvalue weighted by molar-refractivity contribution is 6.31. The first-order chi connectivity index (χ1) is 15.2. The molecule has 0 spiro atoms. The number of nitrogens with zero attached hydrogens (tertiary/aromatic N) is 1. The van der Waals surface area contributed by atoms with Gasteiger partial charge in [0.15, 0.2) is 0 Å². The van der Waals surface area contributed by atoms with Gasteiger partial charge in [0.05, 0.1) is 18.0 Å². The summed E-state index contributed by atoms with van der Waals surface area (Å²) in [7, 11) is 1.69. The van der Waals surface area contributed by atoms with Gasteiger partial charge in [-0.3, -0.25) is 9.79 Å². The van der Waals surface area contributed by atoms with Crippen molar-refractivity contribution < 1.29 is 9.53 Å². The Morgan fingerprint density at radius 1 is 1.10 bits per heavy atom. The number of halogens is 1. The number of benzene rings is 3. The third kappa shape index (κ3) is 5.02. The van der Waals surface area contributed by atoms with Crippen LogP contribution in [0.2, 0.25) is 5.02 Å². The number of rotatable bonds is 8. The van der Waals surface area contributed by atoms with E-state index >= 15 is 0 Å². The van der Waals surface area contributed by atoms with Crippen LogP contribution in [0.15, 0.2) is 77.8 Å². The maximum atomic E-state index is 12.9. The molecule has 1 aliphatic heterocycles. The Labute approximate surface area is 187 Å². The Balaban J connectivity index is 1.66. The van der Waals surface area contributed by atoms with Crippen molar-refractivity contribution >= 4 is 34.6 Å². The number of methoxy groups -OCH3 is 1. The van der Waals surface area contributed by atoms with Crippen LogP contribution in [0.5, 0.6) is 0 Å². The van der Waals surface area contributed by atoms with E-state index in [-0.39, 0.29) is 5.91 Å². The van der Waals surface area contributed by atoms with Crippen molar-refractivity contribution in [2.24, 2.45) is 4.99 Å². The van der Waals surface area contributed by atoms with E-state index in [0.29, 0.717) is 17.3 Å². The Kier molecular flexibility index (Phi) is 6.77. The Bertz CT molecular complexity index is 1080. The summed E-state index contributed by atoms with van der Waals surface area (Å²) < 4.78 is 5.05. The highest BCUT2D eigenvalue weighted by Crippen LogP contribution is 2.37. The second kappa shape index (κ2) is 9.88. The van der Waals surface area contributed by atoms with Crippen LogP contribution in [0.4, 0.5) is 11.4 Å². The number of nitrogens with one attached hydrogen (secondary N) is 2. The first-order valence-electron chi connectivity index (χ1n) is 10.2. The normalized spacial score (nSPS) is 15.6. The molecule has 4 rings (SSSR count). The minimum Gasteiger partial charge on any atom is -0.383 e. The maximum absolute atomic E-state index is 12.9. The summed E-state index contributed by atoms with van der Waals surface area (Å²) in [6, 6.07) is 23.4. The fourth-order valence-electron chi connectivity index (χ4n) is 3.65. The third-order valence-electron chi connectivity index (χ3n) is 5.19. The van der Waals surface area contributed by atoms with Gasteiger partial charge in [0.2, 0.25) is 5.91 Å². The molecule has 0 bridgehead atoms. The van der Waals surface area contributed by atoms with Gasteiger partial charge in [-0.2, -0.15) is 0 Å². The molecule has 0 saturated carbocycles. The molecule has 31 heavy (non-hydrogen) atoms. The fourth-order valence-corrected chi connectivity index (χ4v) is 3.82. The minimum atomic E-state index is -0.495.